The number of carbonyl (C=O) groups is 3. The Balaban J connectivity index is 1.81. The Bertz CT molecular complexity index is 764. The number of hydrogen-bond donors (Lipinski definition) is 1. The number of nitrogens with one attached hydrogen (secondary N) is 1. The number of amides is 1. The predicted octanol–water partition coefficient (Wildman–Crippen LogP) is 2.50. The molecule has 0 saturated carbocycles. The zero-order valence-corrected chi connectivity index (χ0v) is 14.0. The summed E-state index contributed by atoms with van der Waals surface area (Å²) in [5.74, 6) is -0.847. The molecule has 8 heteroatoms. The van der Waals surface area contributed by atoms with E-state index < -0.39 is 18.0 Å². The minimum Gasteiger partial charge on any atom is -0.482 e. The molecule has 1 aromatic carbocycles. The molecule has 0 fully saturated rings. The highest BCUT2D eigenvalue weighted by Gasteiger charge is 2.19. The largest absolute Gasteiger partial charge is 0.482 e. The van der Waals surface area contributed by atoms with E-state index >= 15 is 0 Å². The number of esters is 1. The molecule has 2 rings (SSSR count). The summed E-state index contributed by atoms with van der Waals surface area (Å²) in [6.07, 6.45) is 1.15. The highest BCUT2D eigenvalue weighted by Crippen LogP contribution is 2.18. The Labute approximate surface area is 148 Å². The fourth-order valence-electron chi connectivity index (χ4n) is 1.78. The van der Waals surface area contributed by atoms with Crippen LogP contribution in [0.5, 0.6) is 5.75 Å². The number of rotatable bonds is 7. The predicted molar refractivity (Wildman–Crippen MR) is 90.8 cm³/mol. The third kappa shape index (κ3) is 5.58. The van der Waals surface area contributed by atoms with Crippen LogP contribution < -0.4 is 10.1 Å². The summed E-state index contributed by atoms with van der Waals surface area (Å²) < 4.78 is 10.2. The number of ether oxygens (including phenoxy) is 2. The highest BCUT2D eigenvalue weighted by molar-refractivity contribution is 6.32. The number of halogens is 1. The second-order valence-corrected chi connectivity index (χ2v) is 5.30. The summed E-state index contributed by atoms with van der Waals surface area (Å²) in [4.78, 5) is 38.1. The fourth-order valence-corrected chi connectivity index (χ4v) is 1.95. The molecule has 1 amide bonds. The lowest BCUT2D eigenvalue weighted by atomic mass is 10.2. The van der Waals surface area contributed by atoms with Crippen LogP contribution in [0.4, 0.5) is 5.69 Å². The smallest absolute Gasteiger partial charge is 0.344 e. The van der Waals surface area contributed by atoms with Crippen molar-refractivity contribution in [2.24, 2.45) is 0 Å². The van der Waals surface area contributed by atoms with E-state index in [1.54, 1.807) is 36.4 Å². The Morgan fingerprint density at radius 1 is 1.28 bits per heavy atom. The van der Waals surface area contributed by atoms with Gasteiger partial charge < -0.3 is 14.8 Å². The van der Waals surface area contributed by atoms with Crippen LogP contribution >= 0.6 is 11.6 Å². The summed E-state index contributed by atoms with van der Waals surface area (Å²) >= 11 is 5.84. The summed E-state index contributed by atoms with van der Waals surface area (Å²) in [6, 6.07) is 9.41. The maximum Gasteiger partial charge on any atom is 0.344 e. The van der Waals surface area contributed by atoms with Crippen LogP contribution in [0, 0.1) is 0 Å². The summed E-state index contributed by atoms with van der Waals surface area (Å²) in [5.41, 5.74) is 0.817. The van der Waals surface area contributed by atoms with Crippen LogP contribution in [-0.4, -0.2) is 35.9 Å². The molecule has 1 aromatic heterocycles. The Morgan fingerprint density at radius 2 is 2.00 bits per heavy atom. The zero-order chi connectivity index (χ0) is 18.2. The van der Waals surface area contributed by atoms with E-state index in [1.165, 1.54) is 13.1 Å². The van der Waals surface area contributed by atoms with Crippen LogP contribution in [0.15, 0.2) is 42.6 Å². The number of aldehydes is 1. The molecule has 1 N–H and O–H groups in total. The molecule has 130 valence electrons. The molecular weight excluding hydrogens is 348 g/mol. The molecule has 0 aliphatic rings. The molecule has 7 nitrogen and oxygen atoms in total. The molecule has 0 aliphatic carbocycles. The van der Waals surface area contributed by atoms with Gasteiger partial charge in [-0.15, -0.1) is 0 Å². The molecule has 2 aromatic rings. The van der Waals surface area contributed by atoms with Crippen LogP contribution in [0.2, 0.25) is 5.15 Å². The number of carbonyl (C=O) groups excluding carboxylic acids is 3. The van der Waals surface area contributed by atoms with Crippen molar-refractivity contribution in [3.63, 3.8) is 0 Å². The third-order valence-electron chi connectivity index (χ3n) is 3.07. The first-order chi connectivity index (χ1) is 12.0. The number of nitrogens with zero attached hydrogens (tertiary/aromatic N) is 1. The van der Waals surface area contributed by atoms with Gasteiger partial charge in [-0.1, -0.05) is 11.6 Å². The van der Waals surface area contributed by atoms with Crippen LogP contribution in [0.3, 0.4) is 0 Å². The van der Waals surface area contributed by atoms with Gasteiger partial charge in [-0.05, 0) is 43.3 Å². The van der Waals surface area contributed by atoms with Gasteiger partial charge in [-0.25, -0.2) is 9.78 Å². The van der Waals surface area contributed by atoms with E-state index in [1.807, 2.05) is 0 Å². The Morgan fingerprint density at radius 3 is 2.64 bits per heavy atom. The van der Waals surface area contributed by atoms with Crippen molar-refractivity contribution in [3.8, 4) is 5.75 Å². The molecule has 1 atom stereocenters. The quantitative estimate of drug-likeness (QED) is 0.462. The van der Waals surface area contributed by atoms with Gasteiger partial charge in [0.05, 0.1) is 5.69 Å². The number of pyridine rings is 1. The lowest BCUT2D eigenvalue weighted by Crippen LogP contribution is -2.31. The minimum atomic E-state index is -1.04. The molecule has 0 radical (unpaired) electrons. The van der Waals surface area contributed by atoms with Crippen LogP contribution in [0.25, 0.3) is 0 Å². The van der Waals surface area contributed by atoms with E-state index in [-0.39, 0.29) is 11.8 Å². The van der Waals surface area contributed by atoms with Crippen molar-refractivity contribution in [3.05, 3.63) is 53.3 Å². The van der Waals surface area contributed by atoms with E-state index in [4.69, 9.17) is 21.1 Å². The van der Waals surface area contributed by atoms with E-state index in [9.17, 15) is 14.4 Å². The summed E-state index contributed by atoms with van der Waals surface area (Å²) in [7, 11) is 0. The third-order valence-corrected chi connectivity index (χ3v) is 3.37. The minimum absolute atomic E-state index is 0.136. The van der Waals surface area contributed by atoms with Crippen molar-refractivity contribution < 1.29 is 23.9 Å². The van der Waals surface area contributed by atoms with Crippen LogP contribution in [-0.2, 0) is 14.3 Å². The van der Waals surface area contributed by atoms with Gasteiger partial charge in [0, 0.05) is 11.8 Å². The number of aromatic nitrogens is 1. The van der Waals surface area contributed by atoms with Gasteiger partial charge in [0.25, 0.3) is 5.91 Å². The Hall–Kier alpha value is -2.93. The van der Waals surface area contributed by atoms with Gasteiger partial charge in [0.15, 0.2) is 17.9 Å². The zero-order valence-electron chi connectivity index (χ0n) is 13.3. The molecule has 0 unspecified atom stereocenters. The van der Waals surface area contributed by atoms with Crippen molar-refractivity contribution >= 4 is 35.5 Å². The van der Waals surface area contributed by atoms with Crippen molar-refractivity contribution in [2.45, 2.75) is 13.0 Å². The molecule has 0 spiro atoms. The van der Waals surface area contributed by atoms with Gasteiger partial charge in [0.1, 0.15) is 12.0 Å². The molecular formula is C17H15ClN2O5. The molecule has 25 heavy (non-hydrogen) atoms. The molecule has 0 saturated heterocycles. The lowest BCUT2D eigenvalue weighted by Gasteiger charge is -2.14. The lowest BCUT2D eigenvalue weighted by molar-refractivity contribution is -0.155. The fraction of sp³-hybridized carbons (Fsp3) is 0.176. The Kier molecular flexibility index (Phi) is 6.47. The van der Waals surface area contributed by atoms with Crippen molar-refractivity contribution in [2.75, 3.05) is 11.9 Å². The van der Waals surface area contributed by atoms with Gasteiger partial charge in [-0.3, -0.25) is 9.59 Å². The van der Waals surface area contributed by atoms with Gasteiger partial charge in [0.2, 0.25) is 0 Å². The molecule has 0 aliphatic heterocycles. The standard InChI is InChI=1S/C17H15ClN2O5/c1-11(17(23)20-14-3-2-8-19-16(14)18)25-15(22)10-24-13-6-4-12(9-21)5-7-13/h2-9,11H,10H2,1H3,(H,20,23)/t11-/m1/s1. The van der Waals surface area contributed by atoms with E-state index in [0.717, 1.165) is 0 Å². The van der Waals surface area contributed by atoms with Crippen LogP contribution in [0.1, 0.15) is 17.3 Å². The first-order valence-electron chi connectivity index (χ1n) is 7.28. The average molecular weight is 363 g/mol. The monoisotopic (exact) mass is 362 g/mol. The normalized spacial score (nSPS) is 11.3. The molecule has 0 bridgehead atoms. The maximum absolute atomic E-state index is 12.0. The average Bonchev–Trinajstić information content (AvgIpc) is 2.62. The van der Waals surface area contributed by atoms with E-state index in [2.05, 4.69) is 10.3 Å². The second-order valence-electron chi connectivity index (χ2n) is 4.94. The maximum atomic E-state index is 12.0. The summed E-state index contributed by atoms with van der Waals surface area (Å²) in [5, 5.41) is 2.65. The number of benzene rings is 1. The van der Waals surface area contributed by atoms with Crippen molar-refractivity contribution in [1.82, 2.24) is 4.98 Å². The molecule has 1 heterocycles. The first kappa shape index (κ1) is 18.4. The highest BCUT2D eigenvalue weighted by atomic mass is 35.5. The SMILES string of the molecule is C[C@@H](OC(=O)COc1ccc(C=O)cc1)C(=O)Nc1cccnc1Cl. The first-order valence-corrected chi connectivity index (χ1v) is 7.66. The number of hydrogen-bond acceptors (Lipinski definition) is 6. The number of anilines is 1. The van der Waals surface area contributed by atoms with E-state index in [0.29, 0.717) is 23.3 Å². The topological polar surface area (TPSA) is 94.6 Å². The second kappa shape index (κ2) is 8.79. The van der Waals surface area contributed by atoms with Gasteiger partial charge >= 0.3 is 5.97 Å². The van der Waals surface area contributed by atoms with Crippen molar-refractivity contribution in [1.29, 1.82) is 0 Å². The van der Waals surface area contributed by atoms with Gasteiger partial charge in [-0.2, -0.15) is 0 Å². The summed E-state index contributed by atoms with van der Waals surface area (Å²) in [6.45, 7) is 1.06.